The summed E-state index contributed by atoms with van der Waals surface area (Å²) < 4.78 is 0. The molecule has 0 amide bonds. The largest absolute Gasteiger partial charge is 0.392 e. The summed E-state index contributed by atoms with van der Waals surface area (Å²) in [4.78, 5) is 0. The van der Waals surface area contributed by atoms with Crippen molar-refractivity contribution in [2.45, 2.75) is 39.7 Å². The minimum atomic E-state index is -0.216. The molecule has 0 aliphatic carbocycles. The highest BCUT2D eigenvalue weighted by Crippen LogP contribution is 2.13. The number of aryl methyl sites for hydroxylation is 1. The average Bonchev–Trinajstić information content (AvgIpc) is 2.29. The van der Waals surface area contributed by atoms with Gasteiger partial charge in [-0.2, -0.15) is 11.8 Å². The summed E-state index contributed by atoms with van der Waals surface area (Å²) in [6, 6.07) is 8.58. The van der Waals surface area contributed by atoms with Crippen molar-refractivity contribution in [3.05, 3.63) is 35.4 Å². The number of aliphatic hydroxyl groups excluding tert-OH is 1. The maximum atomic E-state index is 9.92. The van der Waals surface area contributed by atoms with Crippen LogP contribution < -0.4 is 0 Å². The van der Waals surface area contributed by atoms with E-state index in [9.17, 15) is 5.11 Å². The Kier molecular flexibility index (Phi) is 6.68. The van der Waals surface area contributed by atoms with E-state index in [1.54, 1.807) is 0 Å². The molecule has 1 aromatic rings. The lowest BCUT2D eigenvalue weighted by Crippen LogP contribution is -2.14. The van der Waals surface area contributed by atoms with Crippen molar-refractivity contribution >= 4 is 11.8 Å². The molecular formula is C15H24OS. The molecule has 0 fully saturated rings. The van der Waals surface area contributed by atoms with Gasteiger partial charge in [-0.25, -0.2) is 0 Å². The standard InChI is InChI=1S/C15H24OS/c1-4-13-5-7-14(8-6-13)9-15(16)11-17-10-12(2)3/h5-8,12,15-16H,4,9-11H2,1-3H3. The monoisotopic (exact) mass is 252 g/mol. The van der Waals surface area contributed by atoms with Crippen molar-refractivity contribution in [2.75, 3.05) is 11.5 Å². The summed E-state index contributed by atoms with van der Waals surface area (Å²) in [5.41, 5.74) is 2.59. The van der Waals surface area contributed by atoms with E-state index in [1.165, 1.54) is 11.1 Å². The Hall–Kier alpha value is -0.470. The SMILES string of the molecule is CCc1ccc(CC(O)CSCC(C)C)cc1. The van der Waals surface area contributed by atoms with Crippen LogP contribution in [0.5, 0.6) is 0 Å². The van der Waals surface area contributed by atoms with Crippen LogP contribution in [0.2, 0.25) is 0 Å². The van der Waals surface area contributed by atoms with Gasteiger partial charge in [0.05, 0.1) is 6.10 Å². The van der Waals surface area contributed by atoms with Crippen molar-refractivity contribution in [3.63, 3.8) is 0 Å². The summed E-state index contributed by atoms with van der Waals surface area (Å²) in [6.07, 6.45) is 1.63. The second-order valence-corrected chi connectivity index (χ2v) is 6.03. The Morgan fingerprint density at radius 2 is 1.65 bits per heavy atom. The Morgan fingerprint density at radius 3 is 2.18 bits per heavy atom. The van der Waals surface area contributed by atoms with Crippen LogP contribution in [0.4, 0.5) is 0 Å². The summed E-state index contributed by atoms with van der Waals surface area (Å²) >= 11 is 1.85. The van der Waals surface area contributed by atoms with Gasteiger partial charge in [-0.05, 0) is 35.6 Å². The first-order valence-electron chi connectivity index (χ1n) is 6.45. The van der Waals surface area contributed by atoms with Gasteiger partial charge in [0, 0.05) is 5.75 Å². The van der Waals surface area contributed by atoms with Gasteiger partial charge in [0.15, 0.2) is 0 Å². The average molecular weight is 252 g/mol. The van der Waals surface area contributed by atoms with E-state index in [0.29, 0.717) is 5.92 Å². The Bertz CT molecular complexity index is 305. The lowest BCUT2D eigenvalue weighted by molar-refractivity contribution is 0.200. The van der Waals surface area contributed by atoms with Crippen molar-refractivity contribution in [2.24, 2.45) is 5.92 Å². The van der Waals surface area contributed by atoms with E-state index >= 15 is 0 Å². The maximum absolute atomic E-state index is 9.92. The fourth-order valence-electron chi connectivity index (χ4n) is 1.68. The van der Waals surface area contributed by atoms with Gasteiger partial charge in [0.25, 0.3) is 0 Å². The third-order valence-electron chi connectivity index (χ3n) is 2.66. The molecule has 0 saturated carbocycles. The molecule has 1 aromatic carbocycles. The summed E-state index contributed by atoms with van der Waals surface area (Å²) in [5.74, 6) is 2.68. The second-order valence-electron chi connectivity index (χ2n) is 4.96. The van der Waals surface area contributed by atoms with Gasteiger partial charge in [-0.3, -0.25) is 0 Å². The number of hydrogen-bond donors (Lipinski definition) is 1. The van der Waals surface area contributed by atoms with E-state index < -0.39 is 0 Å². The minimum absolute atomic E-state index is 0.216. The van der Waals surface area contributed by atoms with Gasteiger partial charge in [0.2, 0.25) is 0 Å². The van der Waals surface area contributed by atoms with Crippen LogP contribution in [0.1, 0.15) is 31.9 Å². The van der Waals surface area contributed by atoms with E-state index in [2.05, 4.69) is 45.0 Å². The molecule has 96 valence electrons. The molecule has 1 unspecified atom stereocenters. The molecule has 1 N–H and O–H groups in total. The highest BCUT2D eigenvalue weighted by Gasteiger charge is 2.06. The second kappa shape index (κ2) is 7.78. The fourth-order valence-corrected chi connectivity index (χ4v) is 2.68. The third-order valence-corrected chi connectivity index (χ3v) is 4.19. The molecule has 0 aliphatic rings. The first kappa shape index (κ1) is 14.6. The first-order valence-corrected chi connectivity index (χ1v) is 7.61. The smallest absolute Gasteiger partial charge is 0.0670 e. The van der Waals surface area contributed by atoms with E-state index in [1.807, 2.05) is 11.8 Å². The van der Waals surface area contributed by atoms with Crippen LogP contribution in [-0.4, -0.2) is 22.7 Å². The summed E-state index contributed by atoms with van der Waals surface area (Å²) in [7, 11) is 0. The lowest BCUT2D eigenvalue weighted by Gasteiger charge is -2.11. The topological polar surface area (TPSA) is 20.2 Å². The Balaban J connectivity index is 2.31. The minimum Gasteiger partial charge on any atom is -0.392 e. The van der Waals surface area contributed by atoms with E-state index in [4.69, 9.17) is 0 Å². The summed E-state index contributed by atoms with van der Waals surface area (Å²) in [5, 5.41) is 9.92. The lowest BCUT2D eigenvalue weighted by atomic mass is 10.1. The molecule has 0 bridgehead atoms. The third kappa shape index (κ3) is 6.13. The quantitative estimate of drug-likeness (QED) is 0.801. The van der Waals surface area contributed by atoms with Gasteiger partial charge in [0.1, 0.15) is 0 Å². The predicted molar refractivity (Wildman–Crippen MR) is 77.7 cm³/mol. The summed E-state index contributed by atoms with van der Waals surface area (Å²) in [6.45, 7) is 6.58. The van der Waals surface area contributed by atoms with Crippen LogP contribution >= 0.6 is 11.8 Å². The van der Waals surface area contributed by atoms with Gasteiger partial charge in [-0.1, -0.05) is 45.0 Å². The van der Waals surface area contributed by atoms with Crippen LogP contribution in [0.3, 0.4) is 0 Å². The molecule has 1 atom stereocenters. The zero-order chi connectivity index (χ0) is 12.7. The number of benzene rings is 1. The number of thioether (sulfide) groups is 1. The van der Waals surface area contributed by atoms with E-state index in [-0.39, 0.29) is 6.10 Å². The number of hydrogen-bond acceptors (Lipinski definition) is 2. The molecule has 0 saturated heterocycles. The molecule has 1 nitrogen and oxygen atoms in total. The molecule has 17 heavy (non-hydrogen) atoms. The van der Waals surface area contributed by atoms with Gasteiger partial charge in [-0.15, -0.1) is 0 Å². The maximum Gasteiger partial charge on any atom is 0.0670 e. The zero-order valence-corrected chi connectivity index (χ0v) is 12.0. The zero-order valence-electron chi connectivity index (χ0n) is 11.1. The van der Waals surface area contributed by atoms with Crippen LogP contribution in [-0.2, 0) is 12.8 Å². The van der Waals surface area contributed by atoms with Crippen LogP contribution in [0, 0.1) is 5.92 Å². The molecule has 0 aromatic heterocycles. The molecule has 0 aliphatic heterocycles. The van der Waals surface area contributed by atoms with Gasteiger partial charge >= 0.3 is 0 Å². The molecule has 0 heterocycles. The van der Waals surface area contributed by atoms with Crippen LogP contribution in [0.25, 0.3) is 0 Å². The van der Waals surface area contributed by atoms with E-state index in [0.717, 1.165) is 24.3 Å². The highest BCUT2D eigenvalue weighted by molar-refractivity contribution is 7.99. The molecule has 1 rings (SSSR count). The normalized spacial score (nSPS) is 13.0. The van der Waals surface area contributed by atoms with Crippen molar-refractivity contribution in [3.8, 4) is 0 Å². The fraction of sp³-hybridized carbons (Fsp3) is 0.600. The first-order chi connectivity index (χ1) is 8.11. The highest BCUT2D eigenvalue weighted by atomic mass is 32.2. The van der Waals surface area contributed by atoms with Gasteiger partial charge < -0.3 is 5.11 Å². The predicted octanol–water partition coefficient (Wildman–Crippen LogP) is 3.54. The number of aliphatic hydroxyl groups is 1. The molecule has 0 spiro atoms. The molecular weight excluding hydrogens is 228 g/mol. The van der Waals surface area contributed by atoms with Crippen LogP contribution in [0.15, 0.2) is 24.3 Å². The Morgan fingerprint density at radius 1 is 1.06 bits per heavy atom. The molecule has 0 radical (unpaired) electrons. The molecule has 2 heteroatoms. The Labute approximate surface area is 110 Å². The van der Waals surface area contributed by atoms with Crippen molar-refractivity contribution < 1.29 is 5.11 Å². The van der Waals surface area contributed by atoms with Crippen molar-refractivity contribution in [1.82, 2.24) is 0 Å². The number of rotatable bonds is 7. The van der Waals surface area contributed by atoms with Crippen molar-refractivity contribution in [1.29, 1.82) is 0 Å².